The fraction of sp³-hybridized carbons (Fsp3) is 0. The summed E-state index contributed by atoms with van der Waals surface area (Å²) >= 11 is 8.89. The number of halogens is 2. The summed E-state index contributed by atoms with van der Waals surface area (Å²) < 4.78 is 5.72. The first kappa shape index (κ1) is 13.6. The fourth-order valence-corrected chi connectivity index (χ4v) is 1.79. The van der Waals surface area contributed by atoms with Gasteiger partial charge in [0.25, 0.3) is 5.91 Å². The number of rotatable bonds is 3. The summed E-state index contributed by atoms with van der Waals surface area (Å²) in [5, 5.41) is 13.6. The molecule has 0 radical (unpaired) electrons. The molecular weight excluding hydrogens is 336 g/mol. The van der Waals surface area contributed by atoms with Gasteiger partial charge in [0.2, 0.25) is 0 Å². The molecule has 0 atom stereocenters. The van der Waals surface area contributed by atoms with Crippen LogP contribution >= 0.6 is 27.5 Å². The Bertz CT molecular complexity index is 640. The number of carbonyl (C=O) groups excluding carboxylic acids is 1. The van der Waals surface area contributed by atoms with Gasteiger partial charge in [0.05, 0.1) is 11.8 Å². The minimum atomic E-state index is -0.568. The summed E-state index contributed by atoms with van der Waals surface area (Å²) in [7, 11) is 0. The number of hydrogen-bond donors (Lipinski definition) is 2. The molecule has 1 heterocycles. The molecule has 7 heteroatoms. The zero-order valence-corrected chi connectivity index (χ0v) is 11.8. The van der Waals surface area contributed by atoms with Crippen LogP contribution < -0.4 is 5.43 Å². The van der Waals surface area contributed by atoms with E-state index in [0.717, 1.165) is 0 Å². The molecule has 0 saturated carbocycles. The van der Waals surface area contributed by atoms with Gasteiger partial charge in [-0.3, -0.25) is 4.79 Å². The smallest absolute Gasteiger partial charge is 0.275 e. The number of furan rings is 1. The van der Waals surface area contributed by atoms with Crippen LogP contribution in [0.3, 0.4) is 0 Å². The maximum Gasteiger partial charge on any atom is 0.275 e. The van der Waals surface area contributed by atoms with Gasteiger partial charge >= 0.3 is 0 Å². The van der Waals surface area contributed by atoms with Crippen molar-refractivity contribution in [3.05, 3.63) is 51.3 Å². The van der Waals surface area contributed by atoms with E-state index in [4.69, 9.17) is 16.0 Å². The van der Waals surface area contributed by atoms with E-state index in [1.165, 1.54) is 24.4 Å². The molecule has 0 aliphatic heterocycles. The van der Waals surface area contributed by atoms with E-state index < -0.39 is 5.91 Å². The number of aromatic hydroxyl groups is 1. The first-order chi connectivity index (χ1) is 9.06. The van der Waals surface area contributed by atoms with Crippen LogP contribution in [0.15, 0.2) is 44.5 Å². The van der Waals surface area contributed by atoms with Crippen molar-refractivity contribution in [1.82, 2.24) is 5.43 Å². The third kappa shape index (κ3) is 3.59. The lowest BCUT2D eigenvalue weighted by atomic mass is 10.2. The van der Waals surface area contributed by atoms with E-state index in [1.54, 1.807) is 12.1 Å². The van der Waals surface area contributed by atoms with Gasteiger partial charge in [0.1, 0.15) is 11.5 Å². The lowest BCUT2D eigenvalue weighted by molar-refractivity contribution is 0.0952. The number of nitrogens with zero attached hydrogens (tertiary/aromatic N) is 1. The Kier molecular flexibility index (Phi) is 4.24. The third-order valence-electron chi connectivity index (χ3n) is 2.16. The molecule has 1 amide bonds. The second-order valence-electron chi connectivity index (χ2n) is 3.50. The fourth-order valence-electron chi connectivity index (χ4n) is 1.30. The van der Waals surface area contributed by atoms with Crippen LogP contribution in [0.4, 0.5) is 0 Å². The molecule has 0 aliphatic rings. The number of phenols is 1. The predicted molar refractivity (Wildman–Crippen MR) is 74.6 cm³/mol. The number of nitrogens with one attached hydrogen (secondary N) is 1. The maximum absolute atomic E-state index is 11.7. The molecule has 0 unspecified atom stereocenters. The quantitative estimate of drug-likeness (QED) is 0.664. The van der Waals surface area contributed by atoms with Gasteiger partial charge < -0.3 is 9.52 Å². The lowest BCUT2D eigenvalue weighted by Gasteiger charge is -2.02. The third-order valence-corrected chi connectivity index (χ3v) is 2.82. The Morgan fingerprint density at radius 3 is 2.89 bits per heavy atom. The molecule has 0 aliphatic carbocycles. The molecule has 0 fully saturated rings. The molecule has 0 spiro atoms. The van der Waals surface area contributed by atoms with Crippen molar-refractivity contribution < 1.29 is 14.3 Å². The van der Waals surface area contributed by atoms with Crippen molar-refractivity contribution in [3.63, 3.8) is 0 Å². The molecule has 0 saturated heterocycles. The first-order valence-corrected chi connectivity index (χ1v) is 6.30. The van der Waals surface area contributed by atoms with Gasteiger partial charge in [0.15, 0.2) is 4.67 Å². The van der Waals surface area contributed by atoms with Crippen molar-refractivity contribution in [2.45, 2.75) is 0 Å². The highest BCUT2D eigenvalue weighted by Gasteiger charge is 2.10. The average molecular weight is 344 g/mol. The van der Waals surface area contributed by atoms with E-state index in [9.17, 15) is 9.90 Å². The number of amides is 1. The zero-order chi connectivity index (χ0) is 13.8. The topological polar surface area (TPSA) is 74.8 Å². The van der Waals surface area contributed by atoms with Crippen LogP contribution in [-0.4, -0.2) is 17.2 Å². The highest BCUT2D eigenvalue weighted by Crippen LogP contribution is 2.21. The summed E-state index contributed by atoms with van der Waals surface area (Å²) in [4.78, 5) is 11.7. The molecule has 5 nitrogen and oxygen atoms in total. The number of hydrogen-bond acceptors (Lipinski definition) is 4. The minimum Gasteiger partial charge on any atom is -0.507 e. The summed E-state index contributed by atoms with van der Waals surface area (Å²) in [5.41, 5.74) is 2.31. The molecular formula is C12H8BrClN2O3. The second kappa shape index (κ2) is 5.90. The molecule has 2 aromatic rings. The summed E-state index contributed by atoms with van der Waals surface area (Å²) in [5.74, 6) is -0.262. The van der Waals surface area contributed by atoms with Gasteiger partial charge in [-0.05, 0) is 46.3 Å². The van der Waals surface area contributed by atoms with Crippen molar-refractivity contribution in [1.29, 1.82) is 0 Å². The standard InChI is InChI=1S/C12H8BrClN2O3/c13-11-4-2-8(19-11)6-15-16-12(18)9-5-7(14)1-3-10(9)17/h1-6,17H,(H,16,18). The van der Waals surface area contributed by atoms with Crippen LogP contribution in [0.25, 0.3) is 0 Å². The molecule has 19 heavy (non-hydrogen) atoms. The van der Waals surface area contributed by atoms with Gasteiger partial charge in [0, 0.05) is 5.02 Å². The Balaban J connectivity index is 2.05. The normalized spacial score (nSPS) is 10.8. The summed E-state index contributed by atoms with van der Waals surface area (Å²) in [6.45, 7) is 0. The first-order valence-electron chi connectivity index (χ1n) is 5.13. The second-order valence-corrected chi connectivity index (χ2v) is 4.72. The average Bonchev–Trinajstić information content (AvgIpc) is 2.78. The van der Waals surface area contributed by atoms with Crippen LogP contribution in [0.1, 0.15) is 16.1 Å². The van der Waals surface area contributed by atoms with Gasteiger partial charge in [-0.1, -0.05) is 11.6 Å². The van der Waals surface area contributed by atoms with Crippen molar-refractivity contribution in [3.8, 4) is 5.75 Å². The molecule has 1 aromatic heterocycles. The largest absolute Gasteiger partial charge is 0.507 e. The molecule has 1 aromatic carbocycles. The highest BCUT2D eigenvalue weighted by atomic mass is 79.9. The van der Waals surface area contributed by atoms with E-state index >= 15 is 0 Å². The minimum absolute atomic E-state index is 0.0466. The highest BCUT2D eigenvalue weighted by molar-refractivity contribution is 9.10. The maximum atomic E-state index is 11.7. The Hall–Kier alpha value is -1.79. The van der Waals surface area contributed by atoms with E-state index in [-0.39, 0.29) is 11.3 Å². The number of phenolic OH excluding ortho intramolecular Hbond substituents is 1. The Morgan fingerprint density at radius 2 is 2.21 bits per heavy atom. The molecule has 0 bridgehead atoms. The summed E-state index contributed by atoms with van der Waals surface area (Å²) in [6.07, 6.45) is 1.34. The lowest BCUT2D eigenvalue weighted by Crippen LogP contribution is -2.17. The molecule has 2 rings (SSSR count). The van der Waals surface area contributed by atoms with Crippen LogP contribution in [0.2, 0.25) is 5.02 Å². The Labute approximate surface area is 122 Å². The number of benzene rings is 1. The summed E-state index contributed by atoms with van der Waals surface area (Å²) in [6, 6.07) is 7.55. The van der Waals surface area contributed by atoms with Gasteiger partial charge in [-0.2, -0.15) is 5.10 Å². The van der Waals surface area contributed by atoms with E-state index in [2.05, 4.69) is 26.5 Å². The predicted octanol–water partition coefficient (Wildman–Crippen LogP) is 3.17. The SMILES string of the molecule is O=C(NN=Cc1ccc(Br)o1)c1cc(Cl)ccc1O. The van der Waals surface area contributed by atoms with Crippen molar-refractivity contribution in [2.75, 3.05) is 0 Å². The van der Waals surface area contributed by atoms with E-state index in [1.807, 2.05) is 0 Å². The van der Waals surface area contributed by atoms with Crippen molar-refractivity contribution >= 4 is 39.7 Å². The van der Waals surface area contributed by atoms with Crippen LogP contribution in [-0.2, 0) is 0 Å². The van der Waals surface area contributed by atoms with Gasteiger partial charge in [-0.25, -0.2) is 5.43 Å². The van der Waals surface area contributed by atoms with Crippen LogP contribution in [0, 0.1) is 0 Å². The monoisotopic (exact) mass is 342 g/mol. The number of carbonyl (C=O) groups is 1. The molecule has 2 N–H and O–H groups in total. The number of hydrazone groups is 1. The van der Waals surface area contributed by atoms with Crippen LogP contribution in [0.5, 0.6) is 5.75 Å². The van der Waals surface area contributed by atoms with Crippen molar-refractivity contribution in [2.24, 2.45) is 5.10 Å². The van der Waals surface area contributed by atoms with Gasteiger partial charge in [-0.15, -0.1) is 0 Å². The Morgan fingerprint density at radius 1 is 1.42 bits per heavy atom. The van der Waals surface area contributed by atoms with E-state index in [0.29, 0.717) is 15.5 Å². The zero-order valence-electron chi connectivity index (χ0n) is 9.43. The molecule has 98 valence electrons.